The highest BCUT2D eigenvalue weighted by Crippen LogP contribution is 2.24. The van der Waals surface area contributed by atoms with Crippen LogP contribution in [0.15, 0.2) is 18.2 Å². The van der Waals surface area contributed by atoms with E-state index < -0.39 is 5.60 Å². The average molecular weight is 344 g/mol. The van der Waals surface area contributed by atoms with E-state index in [0.717, 1.165) is 5.56 Å². The summed E-state index contributed by atoms with van der Waals surface area (Å²) in [5.41, 5.74) is 0.820. The molecule has 0 N–H and O–H groups in total. The molecule has 1 heterocycles. The van der Waals surface area contributed by atoms with Gasteiger partial charge in [-0.2, -0.15) is 0 Å². The van der Waals surface area contributed by atoms with E-state index in [1.54, 1.807) is 11.0 Å². The Morgan fingerprint density at radius 3 is 2.90 bits per heavy atom. The molecule has 1 aliphatic heterocycles. The van der Waals surface area contributed by atoms with Gasteiger partial charge in [-0.1, -0.05) is 22.0 Å². The van der Waals surface area contributed by atoms with Crippen LogP contribution in [-0.2, 0) is 4.74 Å². The van der Waals surface area contributed by atoms with E-state index in [4.69, 9.17) is 4.74 Å². The van der Waals surface area contributed by atoms with Gasteiger partial charge in [0.15, 0.2) is 0 Å². The first-order chi connectivity index (χ1) is 9.32. The summed E-state index contributed by atoms with van der Waals surface area (Å²) in [7, 11) is 0. The number of ether oxygens (including phenoxy) is 1. The zero-order valence-electron chi connectivity index (χ0n) is 12.0. The molecule has 0 radical (unpaired) electrons. The maximum Gasteiger partial charge on any atom is 0.254 e. The van der Waals surface area contributed by atoms with Crippen molar-refractivity contribution in [1.29, 1.82) is 0 Å². The Balaban J connectivity index is 2.25. The van der Waals surface area contributed by atoms with Crippen LogP contribution in [0.4, 0.5) is 4.39 Å². The van der Waals surface area contributed by atoms with Crippen LogP contribution in [0, 0.1) is 12.7 Å². The number of morpholine rings is 1. The fourth-order valence-electron chi connectivity index (χ4n) is 2.53. The quantitative estimate of drug-likeness (QED) is 0.772. The third kappa shape index (κ3) is 3.38. The number of nitrogens with zero attached hydrogens (tertiary/aromatic N) is 1. The number of amides is 1. The number of hydrogen-bond acceptors (Lipinski definition) is 2. The van der Waals surface area contributed by atoms with Crippen LogP contribution in [0.2, 0.25) is 0 Å². The van der Waals surface area contributed by atoms with Crippen molar-refractivity contribution in [1.82, 2.24) is 4.90 Å². The van der Waals surface area contributed by atoms with Gasteiger partial charge in [0.1, 0.15) is 5.82 Å². The highest BCUT2D eigenvalue weighted by Gasteiger charge is 2.35. The average Bonchev–Trinajstić information content (AvgIpc) is 2.38. The Hall–Kier alpha value is -0.940. The van der Waals surface area contributed by atoms with E-state index in [0.29, 0.717) is 24.0 Å². The van der Waals surface area contributed by atoms with Crippen molar-refractivity contribution < 1.29 is 13.9 Å². The summed E-state index contributed by atoms with van der Waals surface area (Å²) < 4.78 is 19.2. The normalized spacial score (nSPS) is 21.9. The fraction of sp³-hybridized carbons (Fsp3) is 0.533. The fourth-order valence-corrected chi connectivity index (χ4v) is 2.86. The number of halogens is 2. The molecule has 1 atom stereocenters. The minimum Gasteiger partial charge on any atom is -0.368 e. The van der Waals surface area contributed by atoms with Gasteiger partial charge in [0.25, 0.3) is 5.91 Å². The molecule has 0 spiro atoms. The second-order valence-corrected chi connectivity index (χ2v) is 6.45. The molecule has 1 aromatic carbocycles. The van der Waals surface area contributed by atoms with Crippen molar-refractivity contribution in [2.75, 3.05) is 18.4 Å². The third-order valence-corrected chi connectivity index (χ3v) is 4.09. The van der Waals surface area contributed by atoms with E-state index in [-0.39, 0.29) is 17.8 Å². The first kappa shape index (κ1) is 15.4. The minimum absolute atomic E-state index is 0.0448. The molecule has 1 unspecified atom stereocenters. The lowest BCUT2D eigenvalue weighted by atomic mass is 10.0. The van der Waals surface area contributed by atoms with Crippen LogP contribution in [0.25, 0.3) is 0 Å². The molecule has 3 nitrogen and oxygen atoms in total. The van der Waals surface area contributed by atoms with Crippen molar-refractivity contribution in [3.05, 3.63) is 35.1 Å². The van der Waals surface area contributed by atoms with E-state index in [9.17, 15) is 9.18 Å². The molecule has 5 heteroatoms. The second kappa shape index (κ2) is 5.82. The third-order valence-electron chi connectivity index (χ3n) is 3.37. The molecule has 0 aromatic heterocycles. The van der Waals surface area contributed by atoms with Gasteiger partial charge in [0.05, 0.1) is 11.7 Å². The molecule has 1 aliphatic rings. The molecule has 2 rings (SSSR count). The lowest BCUT2D eigenvalue weighted by Crippen LogP contribution is -2.55. The summed E-state index contributed by atoms with van der Waals surface area (Å²) in [5, 5.41) is 0.669. The van der Waals surface area contributed by atoms with Gasteiger partial charge in [-0.15, -0.1) is 0 Å². The van der Waals surface area contributed by atoms with Gasteiger partial charge < -0.3 is 9.64 Å². The molecular weight excluding hydrogens is 325 g/mol. The van der Waals surface area contributed by atoms with Crippen molar-refractivity contribution in [2.45, 2.75) is 32.5 Å². The van der Waals surface area contributed by atoms with Gasteiger partial charge in [-0.3, -0.25) is 4.79 Å². The highest BCUT2D eigenvalue weighted by atomic mass is 79.9. The Labute approximate surface area is 127 Å². The predicted molar refractivity (Wildman–Crippen MR) is 79.8 cm³/mol. The van der Waals surface area contributed by atoms with Gasteiger partial charge in [-0.05, 0) is 38.5 Å². The van der Waals surface area contributed by atoms with Crippen LogP contribution in [0.1, 0.15) is 29.8 Å². The first-order valence-electron chi connectivity index (χ1n) is 6.61. The summed E-state index contributed by atoms with van der Waals surface area (Å²) in [6.45, 7) is 6.76. The predicted octanol–water partition coefficient (Wildman–Crippen LogP) is 3.15. The summed E-state index contributed by atoms with van der Waals surface area (Å²) in [4.78, 5) is 14.4. The van der Waals surface area contributed by atoms with Crippen LogP contribution in [-0.4, -0.2) is 40.9 Å². The van der Waals surface area contributed by atoms with E-state index in [1.165, 1.54) is 12.1 Å². The van der Waals surface area contributed by atoms with Crippen molar-refractivity contribution in [3.63, 3.8) is 0 Å². The summed E-state index contributed by atoms with van der Waals surface area (Å²) in [6.07, 6.45) is -0.0448. The van der Waals surface area contributed by atoms with Crippen molar-refractivity contribution in [3.8, 4) is 0 Å². The number of rotatable bonds is 2. The Morgan fingerprint density at radius 2 is 2.25 bits per heavy atom. The largest absolute Gasteiger partial charge is 0.368 e. The Bertz CT molecular complexity index is 519. The number of carbonyl (C=O) groups excluding carboxylic acids is 1. The van der Waals surface area contributed by atoms with E-state index in [1.807, 2.05) is 20.8 Å². The first-order valence-corrected chi connectivity index (χ1v) is 7.74. The zero-order chi connectivity index (χ0) is 14.9. The van der Waals surface area contributed by atoms with Gasteiger partial charge in [0.2, 0.25) is 0 Å². The monoisotopic (exact) mass is 343 g/mol. The van der Waals surface area contributed by atoms with Crippen LogP contribution in [0.5, 0.6) is 0 Å². The zero-order valence-corrected chi connectivity index (χ0v) is 13.5. The maximum atomic E-state index is 13.4. The molecule has 0 saturated carbocycles. The molecule has 0 aliphatic carbocycles. The number of carbonyl (C=O) groups is 1. The smallest absolute Gasteiger partial charge is 0.254 e. The van der Waals surface area contributed by atoms with Crippen LogP contribution < -0.4 is 0 Å². The second-order valence-electron chi connectivity index (χ2n) is 5.80. The lowest BCUT2D eigenvalue weighted by molar-refractivity contribution is -0.116. The number of aryl methyl sites for hydroxylation is 1. The molecule has 1 aromatic rings. The molecule has 1 fully saturated rings. The van der Waals surface area contributed by atoms with Gasteiger partial charge in [0, 0.05) is 24.0 Å². The van der Waals surface area contributed by atoms with Crippen molar-refractivity contribution >= 4 is 21.8 Å². The molecule has 1 amide bonds. The Kier molecular flexibility index (Phi) is 4.49. The number of alkyl halides is 1. The molecule has 20 heavy (non-hydrogen) atoms. The molecule has 1 saturated heterocycles. The van der Waals surface area contributed by atoms with E-state index in [2.05, 4.69) is 15.9 Å². The van der Waals surface area contributed by atoms with Crippen molar-refractivity contribution in [2.24, 2.45) is 0 Å². The molecular formula is C15H19BrFNO2. The minimum atomic E-state index is -0.395. The summed E-state index contributed by atoms with van der Waals surface area (Å²) in [6, 6.07) is 4.32. The topological polar surface area (TPSA) is 29.5 Å². The summed E-state index contributed by atoms with van der Waals surface area (Å²) in [5.74, 6) is -0.521. The van der Waals surface area contributed by atoms with Gasteiger partial charge in [-0.25, -0.2) is 4.39 Å². The standard InChI is InChI=1S/C15H19BrFNO2/c1-10-4-5-11(17)6-13(10)14(19)18-8-12(7-16)20-15(2,3)9-18/h4-6,12H,7-9H2,1-3H3. The maximum absolute atomic E-state index is 13.4. The SMILES string of the molecule is Cc1ccc(F)cc1C(=O)N1CC(CBr)OC(C)(C)C1. The molecule has 110 valence electrons. The summed E-state index contributed by atoms with van der Waals surface area (Å²) >= 11 is 3.40. The number of benzene rings is 1. The lowest BCUT2D eigenvalue weighted by Gasteiger charge is -2.42. The highest BCUT2D eigenvalue weighted by molar-refractivity contribution is 9.09. The molecule has 0 bridgehead atoms. The van der Waals surface area contributed by atoms with Crippen LogP contribution >= 0.6 is 15.9 Å². The van der Waals surface area contributed by atoms with Gasteiger partial charge >= 0.3 is 0 Å². The van der Waals surface area contributed by atoms with Crippen LogP contribution in [0.3, 0.4) is 0 Å². The number of hydrogen-bond donors (Lipinski definition) is 0. The Morgan fingerprint density at radius 1 is 1.55 bits per heavy atom. The van der Waals surface area contributed by atoms with E-state index >= 15 is 0 Å².